The Labute approximate surface area is 80.4 Å². The molecule has 0 spiro atoms. The highest BCUT2D eigenvalue weighted by Gasteiger charge is 2.23. The van der Waals surface area contributed by atoms with E-state index in [1.54, 1.807) is 0 Å². The number of methoxy groups -OCH3 is 1. The Morgan fingerprint density at radius 3 is 2.85 bits per heavy atom. The maximum Gasteiger partial charge on any atom is 0.0710 e. The van der Waals surface area contributed by atoms with Crippen LogP contribution in [0.15, 0.2) is 0 Å². The summed E-state index contributed by atoms with van der Waals surface area (Å²) in [6.45, 7) is 6.13. The molecule has 0 bridgehead atoms. The lowest BCUT2D eigenvalue weighted by atomic mass is 9.99. The van der Waals surface area contributed by atoms with Crippen molar-refractivity contribution < 1.29 is 4.74 Å². The number of likely N-dealkylation sites (tertiary alicyclic amines) is 1. The minimum absolute atomic E-state index is 0.500. The third-order valence-corrected chi connectivity index (χ3v) is 3.28. The molecule has 0 aromatic carbocycles. The lowest BCUT2D eigenvalue weighted by molar-refractivity contribution is 0.106. The molecule has 0 saturated carbocycles. The molecule has 2 rings (SSSR count). The lowest BCUT2D eigenvalue weighted by Crippen LogP contribution is -2.43. The van der Waals surface area contributed by atoms with E-state index in [0.717, 1.165) is 12.5 Å². The number of nitrogens with zero attached hydrogens (tertiary/aromatic N) is 1. The second kappa shape index (κ2) is 4.40. The van der Waals surface area contributed by atoms with Crippen molar-refractivity contribution in [2.24, 2.45) is 5.92 Å². The van der Waals surface area contributed by atoms with E-state index in [0.29, 0.717) is 6.10 Å². The maximum atomic E-state index is 5.33. The van der Waals surface area contributed by atoms with Crippen molar-refractivity contribution in [3.63, 3.8) is 0 Å². The summed E-state index contributed by atoms with van der Waals surface area (Å²) < 4.78 is 5.33. The third kappa shape index (κ3) is 2.42. The van der Waals surface area contributed by atoms with E-state index < -0.39 is 0 Å². The fraction of sp³-hybridized carbons (Fsp3) is 1.00. The van der Waals surface area contributed by atoms with Gasteiger partial charge in [0.2, 0.25) is 0 Å². The Balaban J connectivity index is 1.59. The topological polar surface area (TPSA) is 24.5 Å². The number of ether oxygens (including phenoxy) is 1. The van der Waals surface area contributed by atoms with Crippen LogP contribution in [0.2, 0.25) is 0 Å². The predicted octanol–water partition coefficient (Wildman–Crippen LogP) is 0.317. The summed E-state index contributed by atoms with van der Waals surface area (Å²) in [6.07, 6.45) is 3.09. The van der Waals surface area contributed by atoms with E-state index in [9.17, 15) is 0 Å². The van der Waals surface area contributed by atoms with Gasteiger partial charge in [0, 0.05) is 20.2 Å². The standard InChI is InChI=1S/C10H20N2O/c1-13-10-3-5-12(8-10)4-2-9-6-11-7-9/h9-11H,2-8H2,1H3/t10-/m1/s1. The van der Waals surface area contributed by atoms with Crippen LogP contribution in [0, 0.1) is 5.92 Å². The van der Waals surface area contributed by atoms with Gasteiger partial charge >= 0.3 is 0 Å². The first-order valence-electron chi connectivity index (χ1n) is 5.34. The van der Waals surface area contributed by atoms with Crippen molar-refractivity contribution in [1.29, 1.82) is 0 Å². The molecule has 2 aliphatic rings. The van der Waals surface area contributed by atoms with E-state index in [1.165, 1.54) is 39.0 Å². The predicted molar refractivity (Wildman–Crippen MR) is 52.8 cm³/mol. The molecule has 0 amide bonds. The average Bonchev–Trinajstić information content (AvgIpc) is 2.49. The second-order valence-corrected chi connectivity index (χ2v) is 4.26. The van der Waals surface area contributed by atoms with Crippen molar-refractivity contribution in [2.45, 2.75) is 18.9 Å². The van der Waals surface area contributed by atoms with Gasteiger partial charge in [0.05, 0.1) is 6.10 Å². The molecule has 13 heavy (non-hydrogen) atoms. The molecule has 2 heterocycles. The number of hydrogen-bond donors (Lipinski definition) is 1. The minimum Gasteiger partial charge on any atom is -0.380 e. The summed E-state index contributed by atoms with van der Waals surface area (Å²) >= 11 is 0. The molecular formula is C10H20N2O. The van der Waals surface area contributed by atoms with Crippen LogP contribution in [0.25, 0.3) is 0 Å². The summed E-state index contributed by atoms with van der Waals surface area (Å²) in [5.41, 5.74) is 0. The van der Waals surface area contributed by atoms with Crippen LogP contribution in [-0.2, 0) is 4.74 Å². The lowest BCUT2D eigenvalue weighted by Gasteiger charge is -2.28. The summed E-state index contributed by atoms with van der Waals surface area (Å²) in [5, 5.41) is 3.31. The maximum absolute atomic E-state index is 5.33. The van der Waals surface area contributed by atoms with Crippen LogP contribution >= 0.6 is 0 Å². The van der Waals surface area contributed by atoms with E-state index >= 15 is 0 Å². The van der Waals surface area contributed by atoms with E-state index in [1.807, 2.05) is 7.11 Å². The van der Waals surface area contributed by atoms with Crippen LogP contribution in [0.4, 0.5) is 0 Å². The first-order valence-corrected chi connectivity index (χ1v) is 5.34. The molecular weight excluding hydrogens is 164 g/mol. The minimum atomic E-state index is 0.500. The van der Waals surface area contributed by atoms with Crippen molar-refractivity contribution in [1.82, 2.24) is 10.2 Å². The largest absolute Gasteiger partial charge is 0.380 e. The molecule has 3 heteroatoms. The van der Waals surface area contributed by atoms with Crippen LogP contribution in [-0.4, -0.2) is 50.8 Å². The van der Waals surface area contributed by atoms with Crippen LogP contribution in [0.1, 0.15) is 12.8 Å². The molecule has 3 nitrogen and oxygen atoms in total. The molecule has 0 aromatic heterocycles. The molecule has 2 saturated heterocycles. The van der Waals surface area contributed by atoms with Gasteiger partial charge in [-0.1, -0.05) is 0 Å². The summed E-state index contributed by atoms with van der Waals surface area (Å²) in [6, 6.07) is 0. The Bertz CT molecular complexity index is 159. The molecule has 1 atom stereocenters. The first kappa shape index (κ1) is 9.44. The van der Waals surface area contributed by atoms with Crippen LogP contribution < -0.4 is 5.32 Å². The van der Waals surface area contributed by atoms with Gasteiger partial charge in [0.15, 0.2) is 0 Å². The molecule has 0 radical (unpaired) electrons. The van der Waals surface area contributed by atoms with Crippen molar-refractivity contribution in [2.75, 3.05) is 39.8 Å². The zero-order chi connectivity index (χ0) is 9.10. The average molecular weight is 184 g/mol. The Morgan fingerprint density at radius 2 is 2.31 bits per heavy atom. The fourth-order valence-corrected chi connectivity index (χ4v) is 2.11. The van der Waals surface area contributed by atoms with Gasteiger partial charge in [-0.05, 0) is 38.4 Å². The van der Waals surface area contributed by atoms with Crippen LogP contribution in [0.3, 0.4) is 0 Å². The highest BCUT2D eigenvalue weighted by Crippen LogP contribution is 2.15. The van der Waals surface area contributed by atoms with Gasteiger partial charge in [0.25, 0.3) is 0 Å². The fourth-order valence-electron chi connectivity index (χ4n) is 2.11. The monoisotopic (exact) mass is 184 g/mol. The zero-order valence-corrected chi connectivity index (χ0v) is 8.46. The quantitative estimate of drug-likeness (QED) is 0.681. The number of hydrogen-bond acceptors (Lipinski definition) is 3. The van der Waals surface area contributed by atoms with Gasteiger partial charge in [-0.15, -0.1) is 0 Å². The second-order valence-electron chi connectivity index (χ2n) is 4.26. The van der Waals surface area contributed by atoms with Gasteiger partial charge in [-0.25, -0.2) is 0 Å². The molecule has 0 aliphatic carbocycles. The van der Waals surface area contributed by atoms with Gasteiger partial charge in [-0.3, -0.25) is 0 Å². The normalized spacial score (nSPS) is 30.7. The highest BCUT2D eigenvalue weighted by atomic mass is 16.5. The molecule has 2 aliphatic heterocycles. The van der Waals surface area contributed by atoms with E-state index in [2.05, 4.69) is 10.2 Å². The molecule has 1 N–H and O–H groups in total. The SMILES string of the molecule is CO[C@@H]1CCN(CCC2CNC2)C1. The molecule has 76 valence electrons. The highest BCUT2D eigenvalue weighted by molar-refractivity contribution is 4.79. The molecule has 0 aromatic rings. The van der Waals surface area contributed by atoms with Gasteiger partial charge in [-0.2, -0.15) is 0 Å². The summed E-state index contributed by atoms with van der Waals surface area (Å²) in [4.78, 5) is 2.53. The molecule has 0 unspecified atom stereocenters. The Hall–Kier alpha value is -0.120. The third-order valence-electron chi connectivity index (χ3n) is 3.28. The van der Waals surface area contributed by atoms with E-state index in [-0.39, 0.29) is 0 Å². The first-order chi connectivity index (χ1) is 6.38. The Kier molecular flexibility index (Phi) is 3.19. The van der Waals surface area contributed by atoms with Crippen molar-refractivity contribution >= 4 is 0 Å². The van der Waals surface area contributed by atoms with Crippen molar-refractivity contribution in [3.8, 4) is 0 Å². The Morgan fingerprint density at radius 1 is 1.46 bits per heavy atom. The number of rotatable bonds is 4. The number of nitrogens with one attached hydrogen (secondary N) is 1. The van der Waals surface area contributed by atoms with Gasteiger partial charge in [0.1, 0.15) is 0 Å². The van der Waals surface area contributed by atoms with Crippen molar-refractivity contribution in [3.05, 3.63) is 0 Å². The molecule has 2 fully saturated rings. The smallest absolute Gasteiger partial charge is 0.0710 e. The zero-order valence-electron chi connectivity index (χ0n) is 8.46. The van der Waals surface area contributed by atoms with Gasteiger partial charge < -0.3 is 15.0 Å². The van der Waals surface area contributed by atoms with E-state index in [4.69, 9.17) is 4.74 Å². The summed E-state index contributed by atoms with van der Waals surface area (Å²) in [5.74, 6) is 0.946. The summed E-state index contributed by atoms with van der Waals surface area (Å²) in [7, 11) is 1.82. The van der Waals surface area contributed by atoms with Crippen LogP contribution in [0.5, 0.6) is 0 Å².